The summed E-state index contributed by atoms with van der Waals surface area (Å²) in [6, 6.07) is 10.4. The van der Waals surface area contributed by atoms with Crippen molar-refractivity contribution in [3.05, 3.63) is 48.0 Å². The smallest absolute Gasteiger partial charge is 0.262 e. The van der Waals surface area contributed by atoms with Crippen molar-refractivity contribution in [3.8, 4) is 11.5 Å². The second-order valence-electron chi connectivity index (χ2n) is 4.44. The molecule has 1 amide bonds. The molecule has 5 N–H and O–H groups in total. The summed E-state index contributed by atoms with van der Waals surface area (Å²) in [5.41, 5.74) is 6.59. The number of aliphatic hydroxyl groups excluding tert-OH is 1. The van der Waals surface area contributed by atoms with Crippen LogP contribution in [0.5, 0.6) is 11.5 Å². The summed E-state index contributed by atoms with van der Waals surface area (Å²) < 4.78 is 0. The van der Waals surface area contributed by atoms with Gasteiger partial charge in [0.05, 0.1) is 23.5 Å². The molecule has 0 aliphatic heterocycles. The Kier molecular flexibility index (Phi) is 4.30. The first-order valence-electron chi connectivity index (χ1n) is 6.34. The van der Waals surface area contributed by atoms with Crippen molar-refractivity contribution in [1.82, 2.24) is 0 Å². The van der Waals surface area contributed by atoms with Gasteiger partial charge in [-0.1, -0.05) is 12.1 Å². The van der Waals surface area contributed by atoms with E-state index in [4.69, 9.17) is 10.8 Å². The van der Waals surface area contributed by atoms with E-state index in [9.17, 15) is 15.0 Å². The van der Waals surface area contributed by atoms with Gasteiger partial charge in [-0.15, -0.1) is 0 Å². The highest BCUT2D eigenvalue weighted by atomic mass is 16.3. The van der Waals surface area contributed by atoms with Gasteiger partial charge in [-0.2, -0.15) is 0 Å². The van der Waals surface area contributed by atoms with Gasteiger partial charge >= 0.3 is 0 Å². The summed E-state index contributed by atoms with van der Waals surface area (Å²) in [7, 11) is 0. The maximum atomic E-state index is 12.5. The number of aliphatic hydroxyl groups is 1. The Balaban J connectivity index is 2.45. The average Bonchev–Trinajstić information content (AvgIpc) is 2.47. The van der Waals surface area contributed by atoms with Crippen molar-refractivity contribution in [1.29, 1.82) is 0 Å². The first-order valence-corrected chi connectivity index (χ1v) is 6.34. The van der Waals surface area contributed by atoms with Gasteiger partial charge < -0.3 is 26.0 Å². The molecule has 6 heteroatoms. The Morgan fingerprint density at radius 2 is 1.86 bits per heavy atom. The van der Waals surface area contributed by atoms with E-state index in [1.807, 2.05) is 0 Å². The van der Waals surface area contributed by atoms with Gasteiger partial charge in [-0.05, 0) is 30.3 Å². The lowest BCUT2D eigenvalue weighted by molar-refractivity contribution is 0.0978. The van der Waals surface area contributed by atoms with E-state index in [2.05, 4.69) is 0 Å². The molecule has 2 aromatic rings. The summed E-state index contributed by atoms with van der Waals surface area (Å²) in [5.74, 6) is -0.952. The van der Waals surface area contributed by atoms with Crippen LogP contribution < -0.4 is 10.6 Å². The van der Waals surface area contributed by atoms with Gasteiger partial charge in [0.15, 0.2) is 0 Å². The lowest BCUT2D eigenvalue weighted by Crippen LogP contribution is -2.34. The third kappa shape index (κ3) is 3.06. The van der Waals surface area contributed by atoms with Crippen molar-refractivity contribution < 1.29 is 20.1 Å². The van der Waals surface area contributed by atoms with Crippen LogP contribution >= 0.6 is 0 Å². The van der Waals surface area contributed by atoms with Crippen LogP contribution in [-0.4, -0.2) is 34.4 Å². The summed E-state index contributed by atoms with van der Waals surface area (Å²) >= 11 is 0. The van der Waals surface area contributed by atoms with E-state index in [0.717, 1.165) is 0 Å². The molecule has 6 nitrogen and oxygen atoms in total. The summed E-state index contributed by atoms with van der Waals surface area (Å²) in [6.07, 6.45) is 0. The van der Waals surface area contributed by atoms with Crippen LogP contribution in [0.4, 0.5) is 11.4 Å². The molecule has 0 fully saturated rings. The normalized spacial score (nSPS) is 10.3. The number of carbonyl (C=O) groups excluding carboxylic acids is 1. The standard InChI is InChI=1S/C15H16N2O4/c16-12-3-1-2-4-13(12)17(7-8-18)15(21)11-9-10(19)5-6-14(11)20/h1-6,9,18-20H,7-8,16H2. The van der Waals surface area contributed by atoms with E-state index < -0.39 is 5.91 Å². The molecule has 2 aromatic carbocycles. The van der Waals surface area contributed by atoms with Crippen LogP contribution in [0.2, 0.25) is 0 Å². The number of carbonyl (C=O) groups is 1. The molecule has 0 heterocycles. The first kappa shape index (κ1) is 14.7. The number of anilines is 2. The molecule has 0 spiro atoms. The van der Waals surface area contributed by atoms with Crippen LogP contribution in [0.1, 0.15) is 10.4 Å². The van der Waals surface area contributed by atoms with Crippen molar-refractivity contribution >= 4 is 17.3 Å². The van der Waals surface area contributed by atoms with E-state index >= 15 is 0 Å². The number of benzene rings is 2. The van der Waals surface area contributed by atoms with E-state index in [1.165, 1.54) is 23.1 Å². The predicted octanol–water partition coefficient (Wildman–Crippen LogP) is 1.32. The molecule has 21 heavy (non-hydrogen) atoms. The predicted molar refractivity (Wildman–Crippen MR) is 79.4 cm³/mol. The number of amides is 1. The second-order valence-corrected chi connectivity index (χ2v) is 4.44. The Bertz CT molecular complexity index is 658. The van der Waals surface area contributed by atoms with Crippen LogP contribution in [0.15, 0.2) is 42.5 Å². The van der Waals surface area contributed by atoms with Crippen molar-refractivity contribution in [2.75, 3.05) is 23.8 Å². The minimum Gasteiger partial charge on any atom is -0.508 e. The number of hydrogen-bond donors (Lipinski definition) is 4. The molecule has 0 saturated carbocycles. The molecular weight excluding hydrogens is 272 g/mol. The molecule has 0 saturated heterocycles. The van der Waals surface area contributed by atoms with E-state index in [0.29, 0.717) is 11.4 Å². The molecule has 0 radical (unpaired) electrons. The van der Waals surface area contributed by atoms with Crippen LogP contribution in [0.3, 0.4) is 0 Å². The lowest BCUT2D eigenvalue weighted by Gasteiger charge is -2.23. The Hall–Kier alpha value is -2.73. The zero-order valence-electron chi connectivity index (χ0n) is 11.2. The number of phenolic OH excluding ortho intramolecular Hbond substituents is 2. The molecule has 0 aliphatic rings. The quantitative estimate of drug-likeness (QED) is 0.501. The van der Waals surface area contributed by atoms with E-state index in [1.54, 1.807) is 24.3 Å². The van der Waals surface area contributed by atoms with Gasteiger partial charge in [0.25, 0.3) is 5.91 Å². The summed E-state index contributed by atoms with van der Waals surface area (Å²) in [4.78, 5) is 13.8. The third-order valence-corrected chi connectivity index (χ3v) is 3.01. The Labute approximate surface area is 121 Å². The first-order chi connectivity index (χ1) is 10.0. The molecule has 0 atom stereocenters. The van der Waals surface area contributed by atoms with E-state index in [-0.39, 0.29) is 30.2 Å². The number of rotatable bonds is 4. The van der Waals surface area contributed by atoms with Crippen LogP contribution in [0.25, 0.3) is 0 Å². The number of para-hydroxylation sites is 2. The maximum absolute atomic E-state index is 12.5. The van der Waals surface area contributed by atoms with Crippen molar-refractivity contribution in [2.45, 2.75) is 0 Å². The fourth-order valence-corrected chi connectivity index (χ4v) is 2.01. The Morgan fingerprint density at radius 1 is 1.14 bits per heavy atom. The monoisotopic (exact) mass is 288 g/mol. The van der Waals surface area contributed by atoms with Gasteiger partial charge in [-0.25, -0.2) is 0 Å². The largest absolute Gasteiger partial charge is 0.508 e. The number of aromatic hydroxyl groups is 2. The topological polar surface area (TPSA) is 107 Å². The molecule has 0 aliphatic carbocycles. The zero-order chi connectivity index (χ0) is 15.4. The van der Waals surface area contributed by atoms with Gasteiger partial charge in [0.2, 0.25) is 0 Å². The second kappa shape index (κ2) is 6.15. The van der Waals surface area contributed by atoms with Gasteiger partial charge in [0, 0.05) is 6.54 Å². The number of nitrogens with two attached hydrogens (primary N) is 1. The fourth-order valence-electron chi connectivity index (χ4n) is 2.01. The number of phenols is 2. The molecule has 0 bridgehead atoms. The maximum Gasteiger partial charge on any atom is 0.262 e. The number of hydrogen-bond acceptors (Lipinski definition) is 5. The SMILES string of the molecule is Nc1ccccc1N(CCO)C(=O)c1cc(O)ccc1O. The van der Waals surface area contributed by atoms with Crippen molar-refractivity contribution in [2.24, 2.45) is 0 Å². The third-order valence-electron chi connectivity index (χ3n) is 3.01. The Morgan fingerprint density at radius 3 is 2.52 bits per heavy atom. The number of nitrogens with zero attached hydrogens (tertiary/aromatic N) is 1. The number of nitrogen functional groups attached to an aromatic ring is 1. The molecular formula is C15H16N2O4. The van der Waals surface area contributed by atoms with Gasteiger partial charge in [0.1, 0.15) is 11.5 Å². The molecule has 2 rings (SSSR count). The summed E-state index contributed by atoms with van der Waals surface area (Å²) in [6.45, 7) is -0.248. The lowest BCUT2D eigenvalue weighted by atomic mass is 10.1. The van der Waals surface area contributed by atoms with Crippen LogP contribution in [-0.2, 0) is 0 Å². The highest BCUT2D eigenvalue weighted by Crippen LogP contribution is 2.28. The minimum absolute atomic E-state index is 0.0160. The van der Waals surface area contributed by atoms with Crippen molar-refractivity contribution in [3.63, 3.8) is 0 Å². The van der Waals surface area contributed by atoms with Gasteiger partial charge in [-0.3, -0.25) is 4.79 Å². The fraction of sp³-hybridized carbons (Fsp3) is 0.133. The average molecular weight is 288 g/mol. The zero-order valence-corrected chi connectivity index (χ0v) is 11.2. The van der Waals surface area contributed by atoms with Crippen LogP contribution in [0, 0.1) is 0 Å². The molecule has 0 unspecified atom stereocenters. The molecule has 110 valence electrons. The highest BCUT2D eigenvalue weighted by Gasteiger charge is 2.22. The summed E-state index contributed by atoms with van der Waals surface area (Å²) in [5, 5.41) is 28.4. The molecule has 0 aromatic heterocycles. The highest BCUT2D eigenvalue weighted by molar-refractivity contribution is 6.09. The minimum atomic E-state index is -0.560.